The van der Waals surface area contributed by atoms with Crippen molar-refractivity contribution >= 4 is 0 Å². The van der Waals surface area contributed by atoms with Crippen LogP contribution in [-0.4, -0.2) is 41.3 Å². The van der Waals surface area contributed by atoms with Gasteiger partial charge in [0.25, 0.3) is 5.89 Å². The van der Waals surface area contributed by atoms with Gasteiger partial charge in [0.15, 0.2) is 5.69 Å². The maximum absolute atomic E-state index is 14.7. The zero-order chi connectivity index (χ0) is 27.5. The molecule has 0 bridgehead atoms. The van der Waals surface area contributed by atoms with Gasteiger partial charge in [-0.3, -0.25) is 4.98 Å². The van der Waals surface area contributed by atoms with E-state index in [-0.39, 0.29) is 17.5 Å². The number of para-hydroxylation sites is 1. The second kappa shape index (κ2) is 11.2. The van der Waals surface area contributed by atoms with Crippen LogP contribution < -0.4 is 5.32 Å². The molecule has 5 aromatic rings. The summed E-state index contributed by atoms with van der Waals surface area (Å²) in [5.41, 5.74) is 3.78. The van der Waals surface area contributed by atoms with Crippen LogP contribution in [-0.2, 0) is 6.54 Å². The van der Waals surface area contributed by atoms with Crippen molar-refractivity contribution in [2.75, 3.05) is 0 Å². The Morgan fingerprint density at radius 3 is 2.48 bits per heavy atom. The maximum atomic E-state index is 14.7. The SMILES string of the molecule is C=C(O)C1CCC(NCc2ccc(-c3noc(-c4nnn(-c5ccccc5F)c4-c4ccncc4)n3)cc2)CC1. The molecular weight excluding hydrogens is 509 g/mol. The summed E-state index contributed by atoms with van der Waals surface area (Å²) in [6.07, 6.45) is 7.26. The van der Waals surface area contributed by atoms with E-state index in [2.05, 4.69) is 37.3 Å². The molecule has 1 aliphatic carbocycles. The van der Waals surface area contributed by atoms with Crippen molar-refractivity contribution in [1.82, 2.24) is 35.4 Å². The number of allylic oxidation sites excluding steroid dienone is 1. The van der Waals surface area contributed by atoms with Gasteiger partial charge in [-0.25, -0.2) is 9.07 Å². The van der Waals surface area contributed by atoms with Crippen molar-refractivity contribution in [3.05, 3.63) is 96.8 Å². The summed E-state index contributed by atoms with van der Waals surface area (Å²) < 4.78 is 21.7. The second-order valence-electron chi connectivity index (χ2n) is 9.93. The Morgan fingerprint density at radius 1 is 1.00 bits per heavy atom. The third-order valence-corrected chi connectivity index (χ3v) is 7.34. The molecule has 1 saturated carbocycles. The van der Waals surface area contributed by atoms with Gasteiger partial charge in [-0.2, -0.15) is 4.98 Å². The van der Waals surface area contributed by atoms with Crippen LogP contribution in [0.15, 0.2) is 89.9 Å². The van der Waals surface area contributed by atoms with Crippen LogP contribution in [0, 0.1) is 11.7 Å². The number of halogens is 1. The highest BCUT2D eigenvalue weighted by Gasteiger charge is 2.25. The number of aliphatic hydroxyl groups excluding tert-OH is 1. The Balaban J connectivity index is 1.21. The number of hydrogen-bond donors (Lipinski definition) is 2. The van der Waals surface area contributed by atoms with E-state index in [1.165, 1.54) is 10.7 Å². The number of pyridine rings is 1. The van der Waals surface area contributed by atoms with Gasteiger partial charge >= 0.3 is 0 Å². The molecule has 1 fully saturated rings. The topological polar surface area (TPSA) is 115 Å². The second-order valence-corrected chi connectivity index (χ2v) is 9.93. The number of benzene rings is 2. The van der Waals surface area contributed by atoms with Crippen LogP contribution in [0.2, 0.25) is 0 Å². The molecule has 1 aliphatic rings. The summed E-state index contributed by atoms with van der Waals surface area (Å²) in [5, 5.41) is 25.9. The minimum Gasteiger partial charge on any atom is -0.513 e. The molecule has 0 unspecified atom stereocenters. The zero-order valence-corrected chi connectivity index (χ0v) is 21.7. The average molecular weight is 538 g/mol. The molecule has 0 aliphatic heterocycles. The Morgan fingerprint density at radius 2 is 1.75 bits per heavy atom. The number of nitrogens with one attached hydrogen (secondary N) is 1. The number of hydrogen-bond acceptors (Lipinski definition) is 8. The Labute approximate surface area is 230 Å². The van der Waals surface area contributed by atoms with Crippen molar-refractivity contribution in [2.45, 2.75) is 38.3 Å². The molecule has 2 aromatic carbocycles. The Kier molecular flexibility index (Phi) is 7.15. The van der Waals surface area contributed by atoms with E-state index < -0.39 is 5.82 Å². The van der Waals surface area contributed by atoms with Gasteiger partial charge in [-0.15, -0.1) is 5.10 Å². The molecule has 3 aromatic heterocycles. The summed E-state index contributed by atoms with van der Waals surface area (Å²) in [4.78, 5) is 8.68. The highest BCUT2D eigenvalue weighted by atomic mass is 19.1. The predicted molar refractivity (Wildman–Crippen MR) is 148 cm³/mol. The molecule has 0 radical (unpaired) electrons. The van der Waals surface area contributed by atoms with Gasteiger partial charge in [0, 0.05) is 42.0 Å². The van der Waals surface area contributed by atoms with Gasteiger partial charge in [0.2, 0.25) is 5.82 Å². The van der Waals surface area contributed by atoms with Crippen LogP contribution >= 0.6 is 0 Å². The van der Waals surface area contributed by atoms with Crippen LogP contribution in [0.5, 0.6) is 0 Å². The molecule has 0 amide bonds. The standard InChI is InChI=1S/C30H28FN7O2/c1-19(39)21-10-12-24(13-11-21)33-18-20-6-8-23(9-7-20)29-34-30(40-36-29)27-28(22-14-16-32-17-15-22)38(37-35-27)26-5-3-2-4-25(26)31/h2-9,14-17,21,24,33,39H,1,10-13,18H2. The Bertz CT molecular complexity index is 1610. The first kappa shape index (κ1) is 25.6. The molecule has 0 saturated heterocycles. The normalized spacial score (nSPS) is 17.1. The molecule has 40 heavy (non-hydrogen) atoms. The van der Waals surface area contributed by atoms with E-state index in [1.807, 2.05) is 24.3 Å². The number of nitrogens with zero attached hydrogens (tertiary/aromatic N) is 6. The minimum atomic E-state index is -0.432. The fraction of sp³-hybridized carbons (Fsp3) is 0.233. The predicted octanol–water partition coefficient (Wildman–Crippen LogP) is 5.91. The minimum absolute atomic E-state index is 0.177. The number of rotatable bonds is 8. The van der Waals surface area contributed by atoms with E-state index in [4.69, 9.17) is 4.52 Å². The first-order valence-corrected chi connectivity index (χ1v) is 13.2. The first-order chi connectivity index (χ1) is 19.6. The molecule has 2 N–H and O–H groups in total. The van der Waals surface area contributed by atoms with Crippen LogP contribution in [0.3, 0.4) is 0 Å². The van der Waals surface area contributed by atoms with Crippen molar-refractivity contribution in [1.29, 1.82) is 0 Å². The van der Waals surface area contributed by atoms with E-state index >= 15 is 0 Å². The van der Waals surface area contributed by atoms with Crippen LogP contribution in [0.1, 0.15) is 31.2 Å². The largest absolute Gasteiger partial charge is 0.513 e. The summed E-state index contributed by atoms with van der Waals surface area (Å²) in [6, 6.07) is 18.4. The molecule has 10 heteroatoms. The lowest BCUT2D eigenvalue weighted by Crippen LogP contribution is -2.33. The van der Waals surface area contributed by atoms with E-state index in [1.54, 1.807) is 42.7 Å². The zero-order valence-electron chi connectivity index (χ0n) is 21.7. The van der Waals surface area contributed by atoms with Crippen LogP contribution in [0.25, 0.3) is 39.9 Å². The third-order valence-electron chi connectivity index (χ3n) is 7.34. The monoisotopic (exact) mass is 537 g/mol. The Hall–Kier alpha value is -4.70. The van der Waals surface area contributed by atoms with Gasteiger partial charge in [-0.05, 0) is 55.5 Å². The highest BCUT2D eigenvalue weighted by Crippen LogP contribution is 2.33. The summed E-state index contributed by atoms with van der Waals surface area (Å²) >= 11 is 0. The molecule has 0 spiro atoms. The van der Waals surface area contributed by atoms with E-state index in [9.17, 15) is 9.50 Å². The van der Waals surface area contributed by atoms with Crippen molar-refractivity contribution in [3.8, 4) is 39.9 Å². The fourth-order valence-corrected chi connectivity index (χ4v) is 5.09. The highest BCUT2D eigenvalue weighted by molar-refractivity contribution is 5.76. The number of aromatic nitrogens is 6. The summed E-state index contributed by atoms with van der Waals surface area (Å²) in [6.45, 7) is 4.43. The summed E-state index contributed by atoms with van der Waals surface area (Å²) in [5.74, 6) is 0.692. The van der Waals surface area contributed by atoms with Gasteiger partial charge in [-0.1, -0.05) is 53.3 Å². The van der Waals surface area contributed by atoms with Gasteiger partial charge < -0.3 is 14.9 Å². The van der Waals surface area contributed by atoms with Gasteiger partial charge in [0.05, 0.1) is 5.76 Å². The van der Waals surface area contributed by atoms with E-state index in [0.717, 1.165) is 48.9 Å². The summed E-state index contributed by atoms with van der Waals surface area (Å²) in [7, 11) is 0. The lowest BCUT2D eigenvalue weighted by atomic mass is 9.85. The van der Waals surface area contributed by atoms with E-state index in [0.29, 0.717) is 29.0 Å². The average Bonchev–Trinajstić information content (AvgIpc) is 3.65. The molecule has 202 valence electrons. The maximum Gasteiger partial charge on any atom is 0.281 e. The molecule has 9 nitrogen and oxygen atoms in total. The molecular formula is C30H28FN7O2. The first-order valence-electron chi connectivity index (χ1n) is 13.2. The van der Waals surface area contributed by atoms with Crippen molar-refractivity contribution in [3.63, 3.8) is 0 Å². The molecule has 3 heterocycles. The number of aliphatic hydroxyl groups is 1. The van der Waals surface area contributed by atoms with Crippen molar-refractivity contribution in [2.24, 2.45) is 5.92 Å². The molecule has 0 atom stereocenters. The molecule has 6 rings (SSSR count). The van der Waals surface area contributed by atoms with Crippen molar-refractivity contribution < 1.29 is 14.0 Å². The smallest absolute Gasteiger partial charge is 0.281 e. The lowest BCUT2D eigenvalue weighted by molar-refractivity contribution is 0.248. The third kappa shape index (κ3) is 5.26. The van der Waals surface area contributed by atoms with Gasteiger partial charge in [0.1, 0.15) is 17.2 Å². The van der Waals surface area contributed by atoms with Crippen LogP contribution in [0.4, 0.5) is 4.39 Å². The lowest BCUT2D eigenvalue weighted by Gasteiger charge is -2.28. The fourth-order valence-electron chi connectivity index (χ4n) is 5.09. The quantitative estimate of drug-likeness (QED) is 0.235.